The van der Waals surface area contributed by atoms with Crippen molar-refractivity contribution >= 4 is 41.8 Å². The smallest absolute Gasteiger partial charge is 0.449 e. The van der Waals surface area contributed by atoms with Gasteiger partial charge in [0.2, 0.25) is 11.8 Å². The molecule has 5 rings (SSSR count). The summed E-state index contributed by atoms with van der Waals surface area (Å²) in [5.41, 5.74) is 3.26. The number of carbonyl (C=O) groups excluding carboxylic acids is 1. The van der Waals surface area contributed by atoms with Crippen LogP contribution in [0.4, 0.5) is 22.1 Å². The minimum absolute atomic E-state index is 0. The minimum Gasteiger partial charge on any atom is -0.449 e. The van der Waals surface area contributed by atoms with Crippen LogP contribution in [-0.2, 0) is 23.1 Å². The Balaban J connectivity index is 0.00000218. The largest absolute Gasteiger partial charge is 0.512 e. The molecule has 1 amide bonds. The molecule has 3 aromatic rings. The number of amides is 1. The zero-order valence-electron chi connectivity index (χ0n) is 15.5. The quantitative estimate of drug-likeness (QED) is 0.546. The molecule has 1 aromatic carbocycles. The predicted octanol–water partition coefficient (Wildman–Crippen LogP) is 3.08. The number of rotatable bonds is 3. The minimum atomic E-state index is -1.44. The highest BCUT2D eigenvalue weighted by Crippen LogP contribution is 2.47. The molecule has 0 saturated carbocycles. The van der Waals surface area contributed by atoms with E-state index in [2.05, 4.69) is 30.3 Å². The van der Waals surface area contributed by atoms with Gasteiger partial charge in [-0.1, -0.05) is 12.1 Å². The van der Waals surface area contributed by atoms with Crippen molar-refractivity contribution in [2.75, 3.05) is 10.6 Å². The van der Waals surface area contributed by atoms with Gasteiger partial charge in [-0.3, -0.25) is 4.79 Å². The monoisotopic (exact) mass is 425 g/mol. The topological polar surface area (TPSA) is 126 Å². The molecule has 0 radical (unpaired) electrons. The van der Waals surface area contributed by atoms with Crippen LogP contribution < -0.4 is 15.4 Å². The molecule has 9 nitrogen and oxygen atoms in total. The van der Waals surface area contributed by atoms with Gasteiger partial charge in [-0.25, -0.2) is 19.7 Å². The molecule has 1 unspecified atom stereocenters. The third kappa shape index (κ3) is 3.18. The van der Waals surface area contributed by atoms with Crippen LogP contribution in [-0.4, -0.2) is 32.1 Å². The van der Waals surface area contributed by atoms with Crippen molar-refractivity contribution in [2.45, 2.75) is 18.3 Å². The third-order valence-corrected chi connectivity index (χ3v) is 5.29. The Bertz CT molecular complexity index is 1170. The first-order chi connectivity index (χ1) is 14.0. The molecule has 10 heteroatoms. The zero-order valence-corrected chi connectivity index (χ0v) is 16.3. The lowest BCUT2D eigenvalue weighted by molar-refractivity contribution is -0.120. The first-order valence-corrected chi connectivity index (χ1v) is 8.92. The SMILES string of the molecule is Cl.O=C(O)Oc1cc(Nc2ccc3c(c2)CC2(C3)C(=O)Nc3ncccc32)ncn1. The van der Waals surface area contributed by atoms with Crippen LogP contribution >= 0.6 is 12.4 Å². The van der Waals surface area contributed by atoms with E-state index in [1.807, 2.05) is 30.3 Å². The number of hydrogen-bond donors (Lipinski definition) is 3. The van der Waals surface area contributed by atoms with E-state index >= 15 is 0 Å². The van der Waals surface area contributed by atoms with Crippen LogP contribution in [0.15, 0.2) is 48.9 Å². The van der Waals surface area contributed by atoms with E-state index in [0.717, 1.165) is 22.4 Å². The molecule has 1 aliphatic heterocycles. The van der Waals surface area contributed by atoms with Gasteiger partial charge in [0.1, 0.15) is 18.0 Å². The lowest BCUT2D eigenvalue weighted by Gasteiger charge is -2.20. The summed E-state index contributed by atoms with van der Waals surface area (Å²) in [5, 5.41) is 14.7. The van der Waals surface area contributed by atoms with Gasteiger partial charge in [-0.05, 0) is 42.2 Å². The van der Waals surface area contributed by atoms with Crippen molar-refractivity contribution < 1.29 is 19.4 Å². The molecule has 1 spiro atoms. The molecule has 1 atom stereocenters. The number of halogens is 1. The molecule has 152 valence electrons. The maximum absolute atomic E-state index is 12.8. The number of fused-ring (bicyclic) bond motifs is 3. The Labute approximate surface area is 177 Å². The van der Waals surface area contributed by atoms with Gasteiger partial charge < -0.3 is 20.5 Å². The van der Waals surface area contributed by atoms with Crippen molar-refractivity contribution in [3.05, 3.63) is 65.6 Å². The standard InChI is InChI=1S/C20H15N5O4.ClH/c26-18-20(14-2-1-5-21-17(14)25-18)8-11-3-4-13(6-12(11)9-20)24-15-7-16(23-10-22-15)29-19(27)28;/h1-7,10H,8-9H2,(H,27,28)(H,21,25,26)(H,22,23,24);1H. The van der Waals surface area contributed by atoms with Gasteiger partial charge in [0.25, 0.3) is 0 Å². The van der Waals surface area contributed by atoms with E-state index in [4.69, 9.17) is 5.11 Å². The predicted molar refractivity (Wildman–Crippen MR) is 110 cm³/mol. The molecule has 30 heavy (non-hydrogen) atoms. The lowest BCUT2D eigenvalue weighted by Crippen LogP contribution is -2.35. The normalized spacial score (nSPS) is 18.2. The summed E-state index contributed by atoms with van der Waals surface area (Å²) >= 11 is 0. The maximum Gasteiger partial charge on any atom is 0.512 e. The van der Waals surface area contributed by atoms with Crippen molar-refractivity contribution in [3.63, 3.8) is 0 Å². The highest BCUT2D eigenvalue weighted by atomic mass is 35.5. The average molecular weight is 426 g/mol. The van der Waals surface area contributed by atoms with E-state index in [-0.39, 0.29) is 24.2 Å². The van der Waals surface area contributed by atoms with Gasteiger partial charge in [0.15, 0.2) is 0 Å². The number of carboxylic acid groups (broad SMARTS) is 1. The van der Waals surface area contributed by atoms with Crippen molar-refractivity contribution in [1.82, 2.24) is 15.0 Å². The first kappa shape index (κ1) is 19.6. The van der Waals surface area contributed by atoms with Crippen LogP contribution in [0.2, 0.25) is 0 Å². The summed E-state index contributed by atoms with van der Waals surface area (Å²) in [6.45, 7) is 0. The molecule has 3 N–H and O–H groups in total. The second kappa shape index (κ2) is 7.27. The molecule has 3 heterocycles. The fourth-order valence-electron chi connectivity index (χ4n) is 4.05. The fourth-order valence-corrected chi connectivity index (χ4v) is 4.05. The Hall–Kier alpha value is -3.72. The summed E-state index contributed by atoms with van der Waals surface area (Å²) in [6.07, 6.45) is 2.65. The van der Waals surface area contributed by atoms with E-state index in [1.54, 1.807) is 6.20 Å². The number of hydrogen-bond acceptors (Lipinski definition) is 7. The summed E-state index contributed by atoms with van der Waals surface area (Å²) < 4.78 is 4.55. The van der Waals surface area contributed by atoms with Crippen molar-refractivity contribution in [2.24, 2.45) is 0 Å². The maximum atomic E-state index is 12.8. The highest BCUT2D eigenvalue weighted by molar-refractivity contribution is 6.06. The first-order valence-electron chi connectivity index (χ1n) is 8.92. The summed E-state index contributed by atoms with van der Waals surface area (Å²) in [4.78, 5) is 35.6. The van der Waals surface area contributed by atoms with Crippen LogP contribution in [0.1, 0.15) is 16.7 Å². The van der Waals surface area contributed by atoms with Crippen LogP contribution in [0, 0.1) is 0 Å². The number of pyridine rings is 1. The summed E-state index contributed by atoms with van der Waals surface area (Å²) in [6, 6.07) is 11.1. The summed E-state index contributed by atoms with van der Waals surface area (Å²) in [5.74, 6) is 0.942. The zero-order chi connectivity index (χ0) is 20.0. The molecule has 2 aliphatic rings. The lowest BCUT2D eigenvalue weighted by atomic mass is 9.79. The van der Waals surface area contributed by atoms with Gasteiger partial charge in [0, 0.05) is 23.5 Å². The molecule has 0 bridgehead atoms. The van der Waals surface area contributed by atoms with Gasteiger partial charge in [-0.15, -0.1) is 12.4 Å². The third-order valence-electron chi connectivity index (χ3n) is 5.29. The molecule has 0 saturated heterocycles. The van der Waals surface area contributed by atoms with Crippen LogP contribution in [0.3, 0.4) is 0 Å². The molecule has 1 aliphatic carbocycles. The van der Waals surface area contributed by atoms with E-state index in [0.29, 0.717) is 24.5 Å². The number of nitrogens with one attached hydrogen (secondary N) is 2. The second-order valence-electron chi connectivity index (χ2n) is 7.01. The molecular formula is C20H16ClN5O4. The van der Waals surface area contributed by atoms with Gasteiger partial charge in [0.05, 0.1) is 5.41 Å². The Morgan fingerprint density at radius 3 is 2.80 bits per heavy atom. The molecule has 2 aromatic heterocycles. The van der Waals surface area contributed by atoms with E-state index in [9.17, 15) is 9.59 Å². The highest BCUT2D eigenvalue weighted by Gasteiger charge is 2.51. The van der Waals surface area contributed by atoms with E-state index < -0.39 is 11.6 Å². The number of nitrogens with zero attached hydrogens (tertiary/aromatic N) is 3. The van der Waals surface area contributed by atoms with E-state index in [1.165, 1.54) is 12.4 Å². The van der Waals surface area contributed by atoms with Gasteiger partial charge >= 0.3 is 6.16 Å². The number of aromatic nitrogens is 3. The van der Waals surface area contributed by atoms with Crippen LogP contribution in [0.25, 0.3) is 0 Å². The molecule has 0 fully saturated rings. The fraction of sp³-hybridized carbons (Fsp3) is 0.150. The number of carbonyl (C=O) groups is 2. The summed E-state index contributed by atoms with van der Waals surface area (Å²) in [7, 11) is 0. The van der Waals surface area contributed by atoms with Crippen molar-refractivity contribution in [1.29, 1.82) is 0 Å². The number of ether oxygens (including phenoxy) is 1. The molecular weight excluding hydrogens is 410 g/mol. The average Bonchev–Trinajstić information content (AvgIpc) is 3.20. The van der Waals surface area contributed by atoms with Gasteiger partial charge in [-0.2, -0.15) is 0 Å². The Morgan fingerprint density at radius 1 is 1.13 bits per heavy atom. The Morgan fingerprint density at radius 2 is 1.97 bits per heavy atom. The second-order valence-corrected chi connectivity index (χ2v) is 7.01. The number of benzene rings is 1. The van der Waals surface area contributed by atoms with Crippen LogP contribution in [0.5, 0.6) is 5.88 Å². The number of anilines is 3. The Kier molecular flexibility index (Phi) is 4.75. The van der Waals surface area contributed by atoms with Crippen molar-refractivity contribution in [3.8, 4) is 5.88 Å².